The van der Waals surface area contributed by atoms with Gasteiger partial charge in [0.05, 0.1) is 78.3 Å². The molecule has 0 amide bonds. The molecule has 10 heterocycles. The van der Waals surface area contributed by atoms with Crippen molar-refractivity contribution in [2.45, 2.75) is 173 Å². The van der Waals surface area contributed by atoms with E-state index >= 15 is 0 Å². The molecule has 15 rings (SSSR count). The van der Waals surface area contributed by atoms with Crippen molar-refractivity contribution >= 4 is 52.6 Å². The van der Waals surface area contributed by atoms with Crippen LogP contribution in [0.5, 0.6) is 0 Å². The standard InChI is InChI=1S/2C26H31N7O2.C25H30N8O/c1-16(2)19-15-29-33-24(19)31-25(30-23-21(34)7-5-8-22(23)35)32-26(33)28-14-17-9-11-18(12-10-17)20-6-3-4-13-27-20;1-16(2)19-15-29-33-24(19)31-25(30-23-21(34)9-6-10-22(23)35)32-26(33)28-14-17-11-12-20(27-13-17)18-7-4-3-5-8-18;1-16(2)21-15-30-33-23(21)31-24(28-13-19-11-20(34)14-27-19)32-25(33)29-12-17-6-8-18(9-7-17)22-5-3-4-10-26-22/h3-4,6,9-13,15-16,21-23,34-35H,5,7-8,14H2,1-2H3,(H2,28,30,31,32);3-5,7-8,11-13,15-16,21-23,34-35H,6,9-10,14H2,1-2H3,(H2,28,30,31,32);3-10,15-16,19-20,27,34H,11-14H2,1-2H3,(H2,28,29,31,32)/t2*21-,22+,23?;19-,20+/m..0/s1. The van der Waals surface area contributed by atoms with Gasteiger partial charge in [-0.2, -0.15) is 58.7 Å². The van der Waals surface area contributed by atoms with Crippen molar-refractivity contribution < 1.29 is 25.5 Å². The molecule has 104 heavy (non-hydrogen) atoms. The van der Waals surface area contributed by atoms with Crippen LogP contribution in [0.15, 0.2) is 165 Å². The normalized spacial score (nSPS) is 19.6. The van der Waals surface area contributed by atoms with Crippen LogP contribution < -0.4 is 37.2 Å². The van der Waals surface area contributed by atoms with Crippen LogP contribution in [0.25, 0.3) is 50.7 Å². The van der Waals surface area contributed by atoms with E-state index in [4.69, 9.17) is 9.97 Å². The highest BCUT2D eigenvalue weighted by Crippen LogP contribution is 2.30. The highest BCUT2D eigenvalue weighted by Gasteiger charge is 2.34. The molecule has 12 aromatic rings. The van der Waals surface area contributed by atoms with Crippen molar-refractivity contribution in [3.05, 3.63) is 198 Å². The maximum atomic E-state index is 10.4. The van der Waals surface area contributed by atoms with Crippen LogP contribution in [-0.2, 0) is 19.6 Å². The predicted octanol–water partition coefficient (Wildman–Crippen LogP) is 10.3. The number of aromatic nitrogens is 15. The van der Waals surface area contributed by atoms with Crippen molar-refractivity contribution in [2.24, 2.45) is 0 Å². The number of hydrogen-bond acceptors (Lipinski definition) is 24. The molecule has 12 N–H and O–H groups in total. The quantitative estimate of drug-likeness (QED) is 0.0300. The summed E-state index contributed by atoms with van der Waals surface area (Å²) in [6.45, 7) is 15.5. The maximum Gasteiger partial charge on any atom is 0.229 e. The van der Waals surface area contributed by atoms with E-state index in [0.717, 1.165) is 92.1 Å². The third-order valence-corrected chi connectivity index (χ3v) is 19.1. The summed E-state index contributed by atoms with van der Waals surface area (Å²) in [5, 5.41) is 88.2. The fraction of sp³-hybridized carbons (Fsp3) is 0.377. The molecule has 1 saturated heterocycles. The van der Waals surface area contributed by atoms with Crippen molar-refractivity contribution in [2.75, 3.05) is 45.0 Å². The lowest BCUT2D eigenvalue weighted by molar-refractivity contribution is 0.0253. The minimum Gasteiger partial charge on any atom is -0.392 e. The topological polar surface area (TPSA) is 353 Å². The van der Waals surface area contributed by atoms with Gasteiger partial charge in [-0.05, 0) is 110 Å². The first-order valence-corrected chi connectivity index (χ1v) is 36.0. The van der Waals surface area contributed by atoms with Gasteiger partial charge in [0.2, 0.25) is 35.7 Å². The number of aliphatic hydroxyl groups is 5. The SMILES string of the molecule is CC(C)c1cnn2c(NCc3ccc(-c4ccccc4)nc3)nc(NC3[C@H](O)CCC[C@@H]3O)nc12.CC(C)c1cnn2c(NCc3ccc(-c4ccccn4)cc3)nc(NC3[C@H](O)CCC[C@@H]3O)nc12.CC(C)c1cnn2c(NCc3ccc(-c4ccccn4)cc3)nc(NC[C@@H]3C[C@@H](O)CN3)nc12. The third-order valence-electron chi connectivity index (χ3n) is 19.1. The first-order chi connectivity index (χ1) is 50.5. The van der Waals surface area contributed by atoms with Crippen molar-refractivity contribution in [1.29, 1.82) is 0 Å². The zero-order chi connectivity index (χ0) is 72.2. The molecule has 3 aliphatic rings. The second-order valence-electron chi connectivity index (χ2n) is 27.7. The highest BCUT2D eigenvalue weighted by molar-refractivity contribution is 5.63. The van der Waals surface area contributed by atoms with Crippen LogP contribution in [0.4, 0.5) is 35.7 Å². The molecule has 2 saturated carbocycles. The van der Waals surface area contributed by atoms with Crippen LogP contribution in [0.2, 0.25) is 0 Å². The van der Waals surface area contributed by atoms with Gasteiger partial charge in [0.25, 0.3) is 0 Å². The first-order valence-electron chi connectivity index (χ1n) is 36.0. The van der Waals surface area contributed by atoms with Crippen LogP contribution in [0.3, 0.4) is 0 Å². The summed E-state index contributed by atoms with van der Waals surface area (Å²) in [5.41, 5.74) is 14.5. The number of rotatable bonds is 22. The minimum absolute atomic E-state index is 0.193. The van der Waals surface area contributed by atoms with Crippen LogP contribution in [0.1, 0.15) is 138 Å². The molecular formula is C77H92N22O5. The lowest BCUT2D eigenvalue weighted by Gasteiger charge is -2.32. The van der Waals surface area contributed by atoms with Crippen molar-refractivity contribution in [3.8, 4) is 33.8 Å². The maximum absolute atomic E-state index is 10.4. The van der Waals surface area contributed by atoms with Gasteiger partial charge < -0.3 is 62.8 Å². The van der Waals surface area contributed by atoms with Gasteiger partial charge in [0.15, 0.2) is 16.9 Å². The summed E-state index contributed by atoms with van der Waals surface area (Å²) in [6, 6.07) is 41.6. The summed E-state index contributed by atoms with van der Waals surface area (Å²) in [5.74, 6) is 3.70. The number of aliphatic hydroxyl groups excluding tert-OH is 5. The summed E-state index contributed by atoms with van der Waals surface area (Å²) >= 11 is 0. The second kappa shape index (κ2) is 33.2. The number of benzene rings is 3. The van der Waals surface area contributed by atoms with Crippen LogP contribution in [-0.4, -0.2) is 161 Å². The second-order valence-corrected chi connectivity index (χ2v) is 27.7. The fourth-order valence-electron chi connectivity index (χ4n) is 13.1. The molecule has 27 nitrogen and oxygen atoms in total. The van der Waals surface area contributed by atoms with Gasteiger partial charge in [0.1, 0.15) is 0 Å². The van der Waals surface area contributed by atoms with E-state index in [1.807, 2.05) is 104 Å². The van der Waals surface area contributed by atoms with Crippen LogP contribution >= 0.6 is 0 Å². The Labute approximate surface area is 603 Å². The Morgan fingerprint density at radius 1 is 0.413 bits per heavy atom. The molecule has 27 heteroatoms. The average molecular weight is 1410 g/mol. The molecule has 0 spiro atoms. The molecule has 9 aromatic heterocycles. The molecule has 3 fully saturated rings. The molecule has 540 valence electrons. The van der Waals surface area contributed by atoms with Crippen LogP contribution in [0, 0.1) is 0 Å². The van der Waals surface area contributed by atoms with E-state index < -0.39 is 36.5 Å². The fourth-order valence-corrected chi connectivity index (χ4v) is 13.1. The molecule has 3 aromatic carbocycles. The monoisotopic (exact) mass is 1400 g/mol. The van der Waals surface area contributed by atoms with E-state index in [9.17, 15) is 25.5 Å². The van der Waals surface area contributed by atoms with Crippen molar-refractivity contribution in [1.82, 2.24) is 79.0 Å². The van der Waals surface area contributed by atoms with E-state index in [1.165, 1.54) is 0 Å². The average Bonchev–Trinajstić information content (AvgIpc) is 1.60. The highest BCUT2D eigenvalue weighted by atomic mass is 16.3. The smallest absolute Gasteiger partial charge is 0.229 e. The van der Waals surface area contributed by atoms with E-state index in [2.05, 4.69) is 177 Å². The lowest BCUT2D eigenvalue weighted by Crippen LogP contribution is -2.47. The van der Waals surface area contributed by atoms with Gasteiger partial charge in [-0.3, -0.25) is 15.0 Å². The Kier molecular flexibility index (Phi) is 22.9. The minimum atomic E-state index is -0.654. The summed E-state index contributed by atoms with van der Waals surface area (Å²) in [6.07, 6.45) is 12.9. The molecular weight excluding hydrogens is 1310 g/mol. The number of pyridine rings is 3. The Morgan fingerprint density at radius 3 is 1.20 bits per heavy atom. The Balaban J connectivity index is 0.000000139. The zero-order valence-electron chi connectivity index (χ0n) is 59.4. The van der Waals surface area contributed by atoms with Gasteiger partial charge in [-0.15, -0.1) is 0 Å². The number of nitrogens with zero attached hydrogens (tertiary/aromatic N) is 15. The summed E-state index contributed by atoms with van der Waals surface area (Å²) in [4.78, 5) is 41.5. The van der Waals surface area contributed by atoms with Gasteiger partial charge >= 0.3 is 0 Å². The molecule has 2 unspecified atom stereocenters. The zero-order valence-corrected chi connectivity index (χ0v) is 59.4. The van der Waals surface area contributed by atoms with Gasteiger partial charge in [-0.1, -0.05) is 139 Å². The molecule has 0 radical (unpaired) electrons. The Morgan fingerprint density at radius 2 is 0.808 bits per heavy atom. The molecule has 1 aliphatic heterocycles. The summed E-state index contributed by atoms with van der Waals surface area (Å²) in [7, 11) is 0. The van der Waals surface area contributed by atoms with Gasteiger partial charge in [0, 0.05) is 90.7 Å². The molecule has 8 atom stereocenters. The largest absolute Gasteiger partial charge is 0.392 e. The number of nitrogens with one attached hydrogen (secondary N) is 7. The predicted molar refractivity (Wildman–Crippen MR) is 403 cm³/mol. The lowest BCUT2D eigenvalue weighted by atomic mass is 9.90. The first kappa shape index (κ1) is 71.7. The Bertz CT molecular complexity index is 4520. The van der Waals surface area contributed by atoms with E-state index in [-0.39, 0.29) is 24.0 Å². The van der Waals surface area contributed by atoms with E-state index in [1.54, 1.807) is 25.9 Å². The summed E-state index contributed by atoms with van der Waals surface area (Å²) < 4.78 is 5.16. The van der Waals surface area contributed by atoms with E-state index in [0.29, 0.717) is 111 Å². The molecule has 2 aliphatic carbocycles. The van der Waals surface area contributed by atoms with Crippen molar-refractivity contribution in [3.63, 3.8) is 0 Å². The number of hydrogen-bond donors (Lipinski definition) is 12. The number of anilines is 6. The number of fused-ring (bicyclic) bond motifs is 3. The number of β-amino-alcohol motifs (C(OH)–C–C–N with tert-alkyl or cyclic N) is 1. The Hall–Kier alpha value is -10.7. The third kappa shape index (κ3) is 17.3. The van der Waals surface area contributed by atoms with Gasteiger partial charge in [-0.25, -0.2) is 0 Å². The molecule has 0 bridgehead atoms.